The highest BCUT2D eigenvalue weighted by molar-refractivity contribution is 5.51. The van der Waals surface area contributed by atoms with Crippen LogP contribution in [0.15, 0.2) is 18.2 Å². The number of hydrogen-bond acceptors (Lipinski definition) is 2. The van der Waals surface area contributed by atoms with E-state index in [4.69, 9.17) is 0 Å². The largest absolute Gasteiger partial charge is 0.273 e. The molecule has 2 rings (SSSR count). The van der Waals surface area contributed by atoms with Crippen molar-refractivity contribution < 1.29 is 4.92 Å². The van der Waals surface area contributed by atoms with E-state index in [-0.39, 0.29) is 16.5 Å². The van der Waals surface area contributed by atoms with Crippen molar-refractivity contribution in [3.63, 3.8) is 0 Å². The molecular weight excluding hydrogens is 190 g/mol. The maximum Gasteiger partial charge on any atom is 0.273 e. The van der Waals surface area contributed by atoms with E-state index in [9.17, 15) is 10.1 Å². The summed E-state index contributed by atoms with van der Waals surface area (Å²) in [5.41, 5.74) is 2.22. The Hall–Kier alpha value is -1.38. The topological polar surface area (TPSA) is 43.1 Å². The number of hydrogen-bond donors (Lipinski definition) is 0. The predicted octanol–water partition coefficient (Wildman–Crippen LogP) is 3.41. The van der Waals surface area contributed by atoms with Crippen LogP contribution in [0.3, 0.4) is 0 Å². The molecule has 1 aliphatic carbocycles. The monoisotopic (exact) mass is 204 g/mol. The second-order valence-corrected chi connectivity index (χ2v) is 4.21. The van der Waals surface area contributed by atoms with Gasteiger partial charge in [0.05, 0.1) is 4.92 Å². The van der Waals surface area contributed by atoms with Crippen LogP contribution in [0, 0.1) is 17.0 Å². The Balaban J connectivity index is 2.55. The van der Waals surface area contributed by atoms with Crippen LogP contribution in [0.2, 0.25) is 0 Å². The van der Waals surface area contributed by atoms with Gasteiger partial charge in [0, 0.05) is 11.6 Å². The van der Waals surface area contributed by atoms with Gasteiger partial charge >= 0.3 is 0 Å². The highest BCUT2D eigenvalue weighted by atomic mass is 16.6. The summed E-state index contributed by atoms with van der Waals surface area (Å²) >= 11 is 0. The van der Waals surface area contributed by atoms with Crippen LogP contribution >= 0.6 is 0 Å². The molecule has 1 aromatic carbocycles. The number of rotatable bonds is 3. The summed E-state index contributed by atoms with van der Waals surface area (Å²) in [6, 6.07) is 5.30. The fourth-order valence-corrected chi connectivity index (χ4v) is 1.98. The summed E-state index contributed by atoms with van der Waals surface area (Å²) in [6.45, 7) is 5.93. The molecule has 0 aliphatic heterocycles. The van der Waals surface area contributed by atoms with Gasteiger partial charge in [-0.15, -0.1) is 0 Å². The Morgan fingerprint density at radius 2 is 2.20 bits per heavy atom. The Bertz CT molecular complexity index is 395. The zero-order valence-corrected chi connectivity index (χ0v) is 8.77. The summed E-state index contributed by atoms with van der Waals surface area (Å²) in [5.74, 6) is 0.506. The standard InChI is InChI=1S/C12H14NO2/c1-8(2)10-4-3-5-11(13(14)15)12(10)9-6-7-9/h3-5,8-9H,1,6-7H2,2H3. The minimum Gasteiger partial charge on any atom is -0.258 e. The summed E-state index contributed by atoms with van der Waals surface area (Å²) in [7, 11) is 0. The quantitative estimate of drug-likeness (QED) is 0.559. The van der Waals surface area contributed by atoms with E-state index < -0.39 is 0 Å². The molecule has 0 saturated heterocycles. The highest BCUT2D eigenvalue weighted by Gasteiger charge is 2.33. The summed E-state index contributed by atoms with van der Waals surface area (Å²) < 4.78 is 0. The van der Waals surface area contributed by atoms with Crippen LogP contribution in [0.1, 0.15) is 42.7 Å². The highest BCUT2D eigenvalue weighted by Crippen LogP contribution is 2.47. The Morgan fingerprint density at radius 1 is 1.53 bits per heavy atom. The number of nitro groups is 1. The van der Waals surface area contributed by atoms with E-state index in [1.54, 1.807) is 12.1 Å². The van der Waals surface area contributed by atoms with Crippen LogP contribution in [-0.2, 0) is 0 Å². The van der Waals surface area contributed by atoms with Gasteiger partial charge in [0.25, 0.3) is 5.69 Å². The zero-order valence-electron chi connectivity index (χ0n) is 8.77. The molecule has 1 atom stereocenters. The normalized spacial score (nSPS) is 15.7. The minimum atomic E-state index is -0.278. The first-order chi connectivity index (χ1) is 7.11. The zero-order chi connectivity index (χ0) is 11.0. The van der Waals surface area contributed by atoms with E-state index in [0.717, 1.165) is 24.0 Å². The van der Waals surface area contributed by atoms with Crippen LogP contribution in [0.5, 0.6) is 0 Å². The van der Waals surface area contributed by atoms with Gasteiger partial charge in [-0.2, -0.15) is 0 Å². The lowest BCUT2D eigenvalue weighted by Gasteiger charge is -2.11. The lowest BCUT2D eigenvalue weighted by molar-refractivity contribution is -0.385. The lowest BCUT2D eigenvalue weighted by atomic mass is 9.93. The van der Waals surface area contributed by atoms with E-state index in [1.165, 1.54) is 0 Å². The van der Waals surface area contributed by atoms with Gasteiger partial charge in [0.2, 0.25) is 0 Å². The fraction of sp³-hybridized carbons (Fsp3) is 0.417. The molecule has 0 aromatic heterocycles. The minimum absolute atomic E-state index is 0.112. The van der Waals surface area contributed by atoms with E-state index in [2.05, 4.69) is 6.92 Å². The van der Waals surface area contributed by atoms with Crippen LogP contribution in [0.4, 0.5) is 5.69 Å². The molecule has 1 aromatic rings. The fourth-order valence-electron chi connectivity index (χ4n) is 1.98. The van der Waals surface area contributed by atoms with Crippen molar-refractivity contribution in [2.24, 2.45) is 0 Å². The number of benzene rings is 1. The summed E-state index contributed by atoms with van der Waals surface area (Å²) in [6.07, 6.45) is 2.15. The third kappa shape index (κ3) is 1.87. The molecule has 0 bridgehead atoms. The van der Waals surface area contributed by atoms with Crippen molar-refractivity contribution in [2.45, 2.75) is 31.6 Å². The van der Waals surface area contributed by atoms with Gasteiger partial charge in [-0.25, -0.2) is 0 Å². The molecule has 79 valence electrons. The Kier molecular flexibility index (Phi) is 2.47. The van der Waals surface area contributed by atoms with E-state index in [0.29, 0.717) is 5.92 Å². The molecule has 1 aliphatic rings. The van der Waals surface area contributed by atoms with Gasteiger partial charge in [0.1, 0.15) is 0 Å². The molecule has 0 amide bonds. The molecule has 1 saturated carbocycles. The van der Waals surface area contributed by atoms with Crippen molar-refractivity contribution in [3.05, 3.63) is 46.4 Å². The van der Waals surface area contributed by atoms with Crippen molar-refractivity contribution in [1.82, 2.24) is 0 Å². The molecular formula is C12H14NO2. The van der Waals surface area contributed by atoms with Crippen molar-refractivity contribution in [1.29, 1.82) is 0 Å². The van der Waals surface area contributed by atoms with Gasteiger partial charge in [0.15, 0.2) is 0 Å². The maximum atomic E-state index is 10.9. The molecule has 0 heterocycles. The lowest BCUT2D eigenvalue weighted by Crippen LogP contribution is -2.00. The Morgan fingerprint density at radius 3 is 2.67 bits per heavy atom. The van der Waals surface area contributed by atoms with Gasteiger partial charge < -0.3 is 0 Å². The average Bonchev–Trinajstić information content (AvgIpc) is 2.99. The van der Waals surface area contributed by atoms with Crippen molar-refractivity contribution in [2.75, 3.05) is 0 Å². The summed E-state index contributed by atoms with van der Waals surface area (Å²) in [5, 5.41) is 10.9. The smallest absolute Gasteiger partial charge is 0.258 e. The third-order valence-corrected chi connectivity index (χ3v) is 2.83. The van der Waals surface area contributed by atoms with Crippen LogP contribution in [0.25, 0.3) is 0 Å². The molecule has 0 spiro atoms. The third-order valence-electron chi connectivity index (χ3n) is 2.83. The first-order valence-corrected chi connectivity index (χ1v) is 5.21. The molecule has 3 nitrogen and oxygen atoms in total. The molecule has 3 heteroatoms. The first-order valence-electron chi connectivity index (χ1n) is 5.21. The van der Waals surface area contributed by atoms with Crippen LogP contribution < -0.4 is 0 Å². The number of nitro benzene ring substituents is 1. The van der Waals surface area contributed by atoms with Gasteiger partial charge in [-0.1, -0.05) is 19.1 Å². The average molecular weight is 204 g/mol. The molecule has 1 fully saturated rings. The maximum absolute atomic E-state index is 10.9. The second-order valence-electron chi connectivity index (χ2n) is 4.21. The van der Waals surface area contributed by atoms with Crippen molar-refractivity contribution in [3.8, 4) is 0 Å². The molecule has 1 radical (unpaired) electrons. The molecule has 15 heavy (non-hydrogen) atoms. The predicted molar refractivity (Wildman–Crippen MR) is 58.8 cm³/mol. The van der Waals surface area contributed by atoms with Gasteiger partial charge in [-0.05, 0) is 37.2 Å². The summed E-state index contributed by atoms with van der Waals surface area (Å²) in [4.78, 5) is 10.6. The molecule has 0 N–H and O–H groups in total. The van der Waals surface area contributed by atoms with Gasteiger partial charge in [-0.3, -0.25) is 10.1 Å². The van der Waals surface area contributed by atoms with E-state index in [1.807, 2.05) is 13.0 Å². The first kappa shape index (κ1) is 10.1. The van der Waals surface area contributed by atoms with Crippen LogP contribution in [-0.4, -0.2) is 4.92 Å². The SMILES string of the molecule is [CH2]C(C)c1cccc([N+](=O)[O-])c1C1CC1. The Labute approximate surface area is 89.3 Å². The van der Waals surface area contributed by atoms with Crippen molar-refractivity contribution >= 4 is 5.69 Å². The van der Waals surface area contributed by atoms with E-state index >= 15 is 0 Å². The molecule has 1 unspecified atom stereocenters. The second kappa shape index (κ2) is 3.65. The number of nitrogens with zero attached hydrogens (tertiary/aromatic N) is 1.